The first-order chi connectivity index (χ1) is 10.3. The molecule has 1 amide bonds. The largest absolute Gasteiger partial charge is 0.376 e. The van der Waals surface area contributed by atoms with E-state index >= 15 is 0 Å². The molecule has 112 valence electrons. The molecule has 1 N–H and O–H groups in total. The highest BCUT2D eigenvalue weighted by molar-refractivity contribution is 6.06. The van der Waals surface area contributed by atoms with Crippen LogP contribution in [0.25, 0.3) is 11.0 Å². The van der Waals surface area contributed by atoms with E-state index in [9.17, 15) is 4.79 Å². The number of nitrogens with one attached hydrogen (secondary N) is 1. The van der Waals surface area contributed by atoms with Gasteiger partial charge in [-0.2, -0.15) is 0 Å². The van der Waals surface area contributed by atoms with Crippen molar-refractivity contribution in [2.45, 2.75) is 38.8 Å². The summed E-state index contributed by atoms with van der Waals surface area (Å²) in [7, 11) is 0. The van der Waals surface area contributed by atoms with Crippen molar-refractivity contribution < 1.29 is 9.53 Å². The molecule has 0 radical (unpaired) electrons. The lowest BCUT2D eigenvalue weighted by Gasteiger charge is -2.10. The van der Waals surface area contributed by atoms with Crippen molar-refractivity contribution in [1.29, 1.82) is 0 Å². The number of carbonyl (C=O) groups is 1. The average Bonchev–Trinajstić information content (AvgIpc) is 3.14. The van der Waals surface area contributed by atoms with Crippen LogP contribution < -0.4 is 5.32 Å². The number of fused-ring (bicyclic) bond motifs is 1. The van der Waals surface area contributed by atoms with Crippen LogP contribution in [-0.2, 0) is 11.3 Å². The van der Waals surface area contributed by atoms with Crippen LogP contribution in [0.4, 0.5) is 0 Å². The van der Waals surface area contributed by atoms with Gasteiger partial charge in [0, 0.05) is 37.5 Å². The van der Waals surface area contributed by atoms with Gasteiger partial charge in [0.1, 0.15) is 5.65 Å². The van der Waals surface area contributed by atoms with Crippen molar-refractivity contribution in [3.05, 3.63) is 30.1 Å². The first-order valence-electron chi connectivity index (χ1n) is 7.63. The fraction of sp³-hybridized carbons (Fsp3) is 0.500. The monoisotopic (exact) mass is 287 g/mol. The van der Waals surface area contributed by atoms with Gasteiger partial charge >= 0.3 is 0 Å². The van der Waals surface area contributed by atoms with Crippen molar-refractivity contribution in [1.82, 2.24) is 14.9 Å². The number of amides is 1. The molecule has 1 fully saturated rings. The molecule has 2 aromatic heterocycles. The molecular formula is C16H21N3O2. The number of hydrogen-bond acceptors (Lipinski definition) is 3. The summed E-state index contributed by atoms with van der Waals surface area (Å²) in [6.45, 7) is 4.37. The third-order valence-corrected chi connectivity index (χ3v) is 3.86. The van der Waals surface area contributed by atoms with Gasteiger partial charge < -0.3 is 14.6 Å². The zero-order valence-electron chi connectivity index (χ0n) is 12.3. The van der Waals surface area contributed by atoms with E-state index in [0.29, 0.717) is 12.1 Å². The SMILES string of the molecule is CCCn1cc(C(=O)NCC2CCCO2)c2cccnc21. The molecule has 5 heteroatoms. The standard InChI is InChI=1S/C16H21N3O2/c1-2-8-19-11-14(13-6-3-7-17-15(13)19)16(20)18-10-12-5-4-9-21-12/h3,6-7,11-12H,2,4-5,8-10H2,1H3,(H,18,20). The second-order valence-corrected chi connectivity index (χ2v) is 5.46. The third kappa shape index (κ3) is 2.93. The fourth-order valence-electron chi connectivity index (χ4n) is 2.82. The van der Waals surface area contributed by atoms with Crippen molar-refractivity contribution in [2.24, 2.45) is 0 Å². The van der Waals surface area contributed by atoms with Gasteiger partial charge in [0.15, 0.2) is 0 Å². The Morgan fingerprint density at radius 3 is 3.24 bits per heavy atom. The summed E-state index contributed by atoms with van der Waals surface area (Å²) in [4.78, 5) is 16.8. The predicted octanol–water partition coefficient (Wildman–Crippen LogP) is 2.36. The number of aryl methyl sites for hydroxylation is 1. The maximum Gasteiger partial charge on any atom is 0.253 e. The zero-order valence-corrected chi connectivity index (χ0v) is 12.3. The molecule has 2 aromatic rings. The van der Waals surface area contributed by atoms with Crippen molar-refractivity contribution >= 4 is 16.9 Å². The second-order valence-electron chi connectivity index (χ2n) is 5.46. The van der Waals surface area contributed by atoms with Gasteiger partial charge in [-0.05, 0) is 31.4 Å². The highest BCUT2D eigenvalue weighted by atomic mass is 16.5. The van der Waals surface area contributed by atoms with Crippen LogP contribution in [0.3, 0.4) is 0 Å². The Bertz CT molecular complexity index is 629. The molecule has 3 rings (SSSR count). The fourth-order valence-corrected chi connectivity index (χ4v) is 2.82. The molecule has 0 spiro atoms. The van der Waals surface area contributed by atoms with Crippen LogP contribution in [0.5, 0.6) is 0 Å². The van der Waals surface area contributed by atoms with Crippen molar-refractivity contribution in [2.75, 3.05) is 13.2 Å². The number of aromatic nitrogens is 2. The maximum atomic E-state index is 12.4. The Hall–Kier alpha value is -1.88. The van der Waals surface area contributed by atoms with Crippen LogP contribution in [0, 0.1) is 0 Å². The number of rotatable bonds is 5. The molecule has 1 aliphatic heterocycles. The van der Waals surface area contributed by atoms with Gasteiger partial charge in [-0.1, -0.05) is 6.92 Å². The second kappa shape index (κ2) is 6.26. The lowest BCUT2D eigenvalue weighted by molar-refractivity contribution is 0.0859. The summed E-state index contributed by atoms with van der Waals surface area (Å²) >= 11 is 0. The van der Waals surface area contributed by atoms with E-state index in [1.165, 1.54) is 0 Å². The normalized spacial score (nSPS) is 18.2. The van der Waals surface area contributed by atoms with Gasteiger partial charge in [-0.3, -0.25) is 4.79 Å². The lowest BCUT2D eigenvalue weighted by Crippen LogP contribution is -2.31. The summed E-state index contributed by atoms with van der Waals surface area (Å²) in [6, 6.07) is 3.82. The quantitative estimate of drug-likeness (QED) is 0.918. The topological polar surface area (TPSA) is 56.2 Å². The van der Waals surface area contributed by atoms with Crippen LogP contribution in [-0.4, -0.2) is 34.7 Å². The molecule has 1 atom stereocenters. The molecule has 21 heavy (non-hydrogen) atoms. The summed E-state index contributed by atoms with van der Waals surface area (Å²) in [6.07, 6.45) is 6.96. The van der Waals surface area contributed by atoms with Gasteiger partial charge in [0.2, 0.25) is 0 Å². The Morgan fingerprint density at radius 1 is 1.57 bits per heavy atom. The predicted molar refractivity (Wildman–Crippen MR) is 81.3 cm³/mol. The zero-order chi connectivity index (χ0) is 14.7. The molecule has 0 saturated carbocycles. The van der Waals surface area contributed by atoms with E-state index in [1.54, 1.807) is 6.20 Å². The number of hydrogen-bond donors (Lipinski definition) is 1. The average molecular weight is 287 g/mol. The molecule has 3 heterocycles. The Labute approximate surface area is 124 Å². The van der Waals surface area contributed by atoms with E-state index in [1.807, 2.05) is 18.3 Å². The lowest BCUT2D eigenvalue weighted by atomic mass is 10.2. The van der Waals surface area contributed by atoms with Crippen LogP contribution in [0.2, 0.25) is 0 Å². The van der Waals surface area contributed by atoms with Gasteiger partial charge in [0.05, 0.1) is 11.7 Å². The highest BCUT2D eigenvalue weighted by Crippen LogP contribution is 2.20. The van der Waals surface area contributed by atoms with E-state index in [-0.39, 0.29) is 12.0 Å². The minimum Gasteiger partial charge on any atom is -0.376 e. The van der Waals surface area contributed by atoms with Crippen LogP contribution in [0.15, 0.2) is 24.5 Å². The Balaban J connectivity index is 1.80. The number of ether oxygens (including phenoxy) is 1. The Kier molecular flexibility index (Phi) is 4.20. The smallest absolute Gasteiger partial charge is 0.253 e. The minimum atomic E-state index is -0.0432. The highest BCUT2D eigenvalue weighted by Gasteiger charge is 2.19. The molecule has 1 aliphatic rings. The van der Waals surface area contributed by atoms with Crippen molar-refractivity contribution in [3.8, 4) is 0 Å². The summed E-state index contributed by atoms with van der Waals surface area (Å²) in [5.41, 5.74) is 1.58. The first kappa shape index (κ1) is 14.1. The van der Waals surface area contributed by atoms with Gasteiger partial charge in [-0.25, -0.2) is 4.98 Å². The van der Waals surface area contributed by atoms with Crippen LogP contribution >= 0.6 is 0 Å². The maximum absolute atomic E-state index is 12.4. The van der Waals surface area contributed by atoms with E-state index in [4.69, 9.17) is 4.74 Å². The van der Waals surface area contributed by atoms with E-state index < -0.39 is 0 Å². The third-order valence-electron chi connectivity index (χ3n) is 3.86. The van der Waals surface area contributed by atoms with Gasteiger partial charge in [-0.15, -0.1) is 0 Å². The molecular weight excluding hydrogens is 266 g/mol. The number of carbonyl (C=O) groups excluding carboxylic acids is 1. The van der Waals surface area contributed by atoms with Gasteiger partial charge in [0.25, 0.3) is 5.91 Å². The molecule has 5 nitrogen and oxygen atoms in total. The molecule has 1 saturated heterocycles. The number of pyridine rings is 1. The minimum absolute atomic E-state index is 0.0432. The molecule has 0 aliphatic carbocycles. The summed E-state index contributed by atoms with van der Waals surface area (Å²) < 4.78 is 7.59. The van der Waals surface area contributed by atoms with E-state index in [0.717, 1.165) is 43.4 Å². The molecule has 0 aromatic carbocycles. The molecule has 0 bridgehead atoms. The van der Waals surface area contributed by atoms with Crippen molar-refractivity contribution in [3.63, 3.8) is 0 Å². The van der Waals surface area contributed by atoms with Crippen LogP contribution in [0.1, 0.15) is 36.5 Å². The van der Waals surface area contributed by atoms with E-state index in [2.05, 4.69) is 21.8 Å². The number of nitrogens with zero attached hydrogens (tertiary/aromatic N) is 2. The summed E-state index contributed by atoms with van der Waals surface area (Å²) in [5.74, 6) is -0.0432. The first-order valence-corrected chi connectivity index (χ1v) is 7.63. The Morgan fingerprint density at radius 2 is 2.48 bits per heavy atom. The summed E-state index contributed by atoms with van der Waals surface area (Å²) in [5, 5.41) is 3.90. The molecule has 1 unspecified atom stereocenters.